The molecule has 0 radical (unpaired) electrons. The number of benzene rings is 1. The molecule has 6 nitrogen and oxygen atoms in total. The Balaban J connectivity index is 1.84. The normalized spacial score (nSPS) is 18.4. The molecule has 2 aromatic rings. The number of nitrogens with zero attached hydrogens (tertiary/aromatic N) is 5. The summed E-state index contributed by atoms with van der Waals surface area (Å²) in [5.74, 6) is -0.655. The monoisotopic (exact) mass is 365 g/mol. The lowest BCUT2D eigenvalue weighted by Gasteiger charge is -2.35. The lowest BCUT2D eigenvalue weighted by molar-refractivity contribution is 0.0637. The van der Waals surface area contributed by atoms with Gasteiger partial charge in [0.2, 0.25) is 0 Å². The van der Waals surface area contributed by atoms with Crippen molar-refractivity contribution in [2.75, 3.05) is 27.2 Å². The van der Waals surface area contributed by atoms with Crippen molar-refractivity contribution in [2.24, 2.45) is 0 Å². The van der Waals surface area contributed by atoms with E-state index in [-0.39, 0.29) is 17.0 Å². The van der Waals surface area contributed by atoms with Gasteiger partial charge in [-0.05, 0) is 51.6 Å². The largest absolute Gasteiger partial charge is 0.336 e. The second-order valence-corrected chi connectivity index (χ2v) is 6.92. The summed E-state index contributed by atoms with van der Waals surface area (Å²) >= 11 is 5.83. The fourth-order valence-corrected chi connectivity index (χ4v) is 3.35. The Morgan fingerprint density at radius 3 is 2.88 bits per heavy atom. The molecule has 0 saturated carbocycles. The number of likely N-dealkylation sites (N-methyl/N-ethyl adjacent to an activating group) is 2. The number of hydrogen-bond acceptors (Lipinski definition) is 4. The molecule has 1 aromatic carbocycles. The highest BCUT2D eigenvalue weighted by Gasteiger charge is 2.28. The Morgan fingerprint density at radius 1 is 1.44 bits per heavy atom. The van der Waals surface area contributed by atoms with Crippen molar-refractivity contribution in [2.45, 2.75) is 25.8 Å². The van der Waals surface area contributed by atoms with E-state index in [9.17, 15) is 9.18 Å². The number of likely N-dealkylation sites (tertiary alicyclic amines) is 1. The first-order valence-corrected chi connectivity index (χ1v) is 8.59. The summed E-state index contributed by atoms with van der Waals surface area (Å²) in [7, 11) is 3.86. The topological polar surface area (TPSA) is 54.3 Å². The molecule has 0 N–H and O–H groups in total. The molecule has 8 heteroatoms. The van der Waals surface area contributed by atoms with Gasteiger partial charge in [-0.2, -0.15) is 0 Å². The number of aromatic nitrogens is 3. The van der Waals surface area contributed by atoms with Gasteiger partial charge >= 0.3 is 0 Å². The van der Waals surface area contributed by atoms with Gasteiger partial charge < -0.3 is 9.80 Å². The third kappa shape index (κ3) is 3.52. The number of amides is 1. The maximum atomic E-state index is 13.3. The van der Waals surface area contributed by atoms with E-state index in [1.54, 1.807) is 24.9 Å². The summed E-state index contributed by atoms with van der Waals surface area (Å²) in [4.78, 5) is 16.8. The standard InChI is InChI=1S/C17H21ClFN5O/c1-11-16(17(25)23(3)13-5-4-8-22(2)10-13)20-21-24(11)12-6-7-15(19)14(18)9-12/h6-7,9,13H,4-5,8,10H2,1-3H3. The fraction of sp³-hybridized carbons (Fsp3) is 0.471. The number of carbonyl (C=O) groups is 1. The van der Waals surface area contributed by atoms with Crippen LogP contribution in [0.2, 0.25) is 5.02 Å². The van der Waals surface area contributed by atoms with Crippen LogP contribution in [-0.4, -0.2) is 63.9 Å². The number of carbonyl (C=O) groups excluding carboxylic acids is 1. The van der Waals surface area contributed by atoms with Gasteiger partial charge in [0, 0.05) is 19.6 Å². The van der Waals surface area contributed by atoms with E-state index in [0.29, 0.717) is 17.1 Å². The highest BCUT2D eigenvalue weighted by molar-refractivity contribution is 6.30. The summed E-state index contributed by atoms with van der Waals surface area (Å²) in [6.45, 7) is 3.67. The molecule has 1 fully saturated rings. The number of hydrogen-bond donors (Lipinski definition) is 0. The maximum absolute atomic E-state index is 13.3. The Labute approximate surface area is 151 Å². The lowest BCUT2D eigenvalue weighted by atomic mass is 10.0. The van der Waals surface area contributed by atoms with Crippen LogP contribution in [0, 0.1) is 12.7 Å². The number of piperidine rings is 1. The molecule has 2 heterocycles. The van der Waals surface area contributed by atoms with Crippen molar-refractivity contribution >= 4 is 17.5 Å². The first kappa shape index (κ1) is 17.8. The van der Waals surface area contributed by atoms with E-state index >= 15 is 0 Å². The SMILES string of the molecule is Cc1c(C(=O)N(C)C2CCCN(C)C2)nnn1-c1ccc(F)c(Cl)c1. The zero-order valence-corrected chi connectivity index (χ0v) is 15.3. The molecular weight excluding hydrogens is 345 g/mol. The van der Waals surface area contributed by atoms with E-state index in [0.717, 1.165) is 25.9 Å². The first-order chi connectivity index (χ1) is 11.9. The van der Waals surface area contributed by atoms with Gasteiger partial charge in [0.05, 0.1) is 16.4 Å². The second kappa shape index (κ2) is 7.09. The molecule has 1 amide bonds. The third-order valence-electron chi connectivity index (χ3n) is 4.71. The van der Waals surface area contributed by atoms with Crippen LogP contribution >= 0.6 is 11.6 Å². The third-order valence-corrected chi connectivity index (χ3v) is 5.00. The molecule has 3 rings (SSSR count). The number of rotatable bonds is 3. The first-order valence-electron chi connectivity index (χ1n) is 8.22. The molecule has 1 aliphatic rings. The molecule has 0 aliphatic carbocycles. The predicted molar refractivity (Wildman–Crippen MR) is 93.7 cm³/mol. The minimum absolute atomic E-state index is 0.00244. The van der Waals surface area contributed by atoms with Crippen LogP contribution in [-0.2, 0) is 0 Å². The molecule has 0 bridgehead atoms. The molecule has 1 aliphatic heterocycles. The second-order valence-electron chi connectivity index (χ2n) is 6.51. The Morgan fingerprint density at radius 2 is 2.20 bits per heavy atom. The fourth-order valence-electron chi connectivity index (χ4n) is 3.18. The van der Waals surface area contributed by atoms with Crippen LogP contribution in [0.15, 0.2) is 18.2 Å². The van der Waals surface area contributed by atoms with Gasteiger partial charge in [-0.25, -0.2) is 9.07 Å². The summed E-state index contributed by atoms with van der Waals surface area (Å²) in [6.07, 6.45) is 2.05. The zero-order valence-electron chi connectivity index (χ0n) is 14.5. The Bertz CT molecular complexity index is 793. The van der Waals surface area contributed by atoms with E-state index in [1.807, 2.05) is 0 Å². The summed E-state index contributed by atoms with van der Waals surface area (Å²) in [5.41, 5.74) is 1.47. The minimum atomic E-state index is -0.499. The Kier molecular flexibility index (Phi) is 5.06. The van der Waals surface area contributed by atoms with Crippen molar-refractivity contribution in [1.82, 2.24) is 24.8 Å². The quantitative estimate of drug-likeness (QED) is 0.838. The van der Waals surface area contributed by atoms with Crippen LogP contribution in [0.3, 0.4) is 0 Å². The summed E-state index contributed by atoms with van der Waals surface area (Å²) in [5, 5.41) is 8.10. The van der Waals surface area contributed by atoms with Crippen molar-refractivity contribution < 1.29 is 9.18 Å². The zero-order chi connectivity index (χ0) is 18.1. The van der Waals surface area contributed by atoms with Crippen LogP contribution < -0.4 is 0 Å². The summed E-state index contributed by atoms with van der Waals surface area (Å²) < 4.78 is 14.8. The average molecular weight is 366 g/mol. The van der Waals surface area contributed by atoms with Gasteiger partial charge in [-0.15, -0.1) is 5.10 Å². The molecule has 25 heavy (non-hydrogen) atoms. The molecule has 134 valence electrons. The molecule has 0 spiro atoms. The van der Waals surface area contributed by atoms with E-state index in [2.05, 4.69) is 22.3 Å². The van der Waals surface area contributed by atoms with Crippen LogP contribution in [0.1, 0.15) is 29.0 Å². The smallest absolute Gasteiger partial charge is 0.276 e. The van der Waals surface area contributed by atoms with Crippen molar-refractivity contribution in [3.05, 3.63) is 40.4 Å². The van der Waals surface area contributed by atoms with Gasteiger partial charge in [0.15, 0.2) is 5.69 Å². The van der Waals surface area contributed by atoms with Crippen LogP contribution in [0.5, 0.6) is 0 Å². The van der Waals surface area contributed by atoms with E-state index in [1.165, 1.54) is 16.8 Å². The molecular formula is C17H21ClFN5O. The van der Waals surface area contributed by atoms with Crippen molar-refractivity contribution in [1.29, 1.82) is 0 Å². The highest BCUT2D eigenvalue weighted by Crippen LogP contribution is 2.21. The Hall–Kier alpha value is -1.99. The minimum Gasteiger partial charge on any atom is -0.336 e. The summed E-state index contributed by atoms with van der Waals surface area (Å²) in [6, 6.07) is 4.45. The average Bonchev–Trinajstić information content (AvgIpc) is 2.97. The van der Waals surface area contributed by atoms with E-state index < -0.39 is 5.82 Å². The molecule has 1 atom stereocenters. The lowest BCUT2D eigenvalue weighted by Crippen LogP contribution is -2.47. The highest BCUT2D eigenvalue weighted by atomic mass is 35.5. The van der Waals surface area contributed by atoms with Gasteiger partial charge in [0.1, 0.15) is 5.82 Å². The van der Waals surface area contributed by atoms with Gasteiger partial charge in [-0.1, -0.05) is 16.8 Å². The molecule has 1 saturated heterocycles. The van der Waals surface area contributed by atoms with E-state index in [4.69, 9.17) is 11.6 Å². The maximum Gasteiger partial charge on any atom is 0.276 e. The predicted octanol–water partition coefficient (Wildman–Crippen LogP) is 2.53. The van der Waals surface area contributed by atoms with Crippen molar-refractivity contribution in [3.63, 3.8) is 0 Å². The molecule has 1 aromatic heterocycles. The number of halogens is 2. The van der Waals surface area contributed by atoms with Crippen LogP contribution in [0.25, 0.3) is 5.69 Å². The molecule has 1 unspecified atom stereocenters. The van der Waals surface area contributed by atoms with Crippen molar-refractivity contribution in [3.8, 4) is 5.69 Å². The van der Waals surface area contributed by atoms with Gasteiger partial charge in [0.25, 0.3) is 5.91 Å². The van der Waals surface area contributed by atoms with Gasteiger partial charge in [-0.3, -0.25) is 4.79 Å². The van der Waals surface area contributed by atoms with Crippen LogP contribution in [0.4, 0.5) is 4.39 Å².